The van der Waals surface area contributed by atoms with Gasteiger partial charge in [-0.15, -0.1) is 0 Å². The Hall–Kier alpha value is -4.00. The lowest BCUT2D eigenvalue weighted by atomic mass is 9.91. The number of aryl methyl sites for hydroxylation is 1. The lowest BCUT2D eigenvalue weighted by molar-refractivity contribution is 0.102. The summed E-state index contributed by atoms with van der Waals surface area (Å²) in [4.78, 5) is 26.3. The van der Waals surface area contributed by atoms with Crippen molar-refractivity contribution in [2.45, 2.75) is 40.0 Å². The molecule has 0 bridgehead atoms. The van der Waals surface area contributed by atoms with Crippen LogP contribution < -0.4 is 16.4 Å². The molecule has 2 aromatic heterocycles. The van der Waals surface area contributed by atoms with E-state index < -0.39 is 0 Å². The maximum Gasteiger partial charge on any atom is 0.255 e. The molecule has 0 unspecified atom stereocenters. The number of anilines is 2. The first kappa shape index (κ1) is 24.6. The third-order valence-electron chi connectivity index (χ3n) is 5.43. The van der Waals surface area contributed by atoms with Crippen LogP contribution in [0.25, 0.3) is 5.70 Å². The van der Waals surface area contributed by atoms with Crippen LogP contribution in [0.1, 0.15) is 60.4 Å². The second-order valence-corrected chi connectivity index (χ2v) is 9.09. The molecule has 0 fully saturated rings. The first-order valence-electron chi connectivity index (χ1n) is 11.1. The number of nitrogens with zero attached hydrogens (tertiary/aromatic N) is 3. The van der Waals surface area contributed by atoms with Crippen molar-refractivity contribution >= 4 is 28.8 Å². The first-order valence-corrected chi connectivity index (χ1v) is 11.1. The van der Waals surface area contributed by atoms with Crippen LogP contribution in [0.15, 0.2) is 66.1 Å². The van der Waals surface area contributed by atoms with E-state index in [1.807, 2.05) is 57.3 Å². The summed E-state index contributed by atoms with van der Waals surface area (Å²) in [5.74, 6) is 0.549. The third-order valence-corrected chi connectivity index (χ3v) is 5.43. The van der Waals surface area contributed by atoms with E-state index in [0.29, 0.717) is 16.9 Å². The van der Waals surface area contributed by atoms with Crippen molar-refractivity contribution < 1.29 is 4.79 Å². The average molecular weight is 457 g/mol. The Kier molecular flexibility index (Phi) is 7.46. The highest BCUT2D eigenvalue weighted by atomic mass is 16.1. The minimum absolute atomic E-state index is 0.141. The molecule has 0 atom stereocenters. The maximum atomic E-state index is 12.9. The van der Waals surface area contributed by atoms with Gasteiger partial charge in [-0.25, -0.2) is 4.98 Å². The standard InChI is InChI=1S/C27H32N6O/c1-17-7-8-21(33-26(34)20-10-11-30-24(13-20)27(3,4)5)15-22(17)18(2)32-23(16-28)19-9-12-31-25(14-19)29-6/h7-16H,28H2,1-6H3,(H,29,31)(H,33,34)/b23-16-,32-18?. The van der Waals surface area contributed by atoms with Crippen molar-refractivity contribution in [1.82, 2.24) is 9.97 Å². The second-order valence-electron chi connectivity index (χ2n) is 9.09. The summed E-state index contributed by atoms with van der Waals surface area (Å²) in [5, 5.41) is 6.02. The van der Waals surface area contributed by atoms with Gasteiger partial charge in [0.2, 0.25) is 0 Å². The van der Waals surface area contributed by atoms with Gasteiger partial charge in [0.25, 0.3) is 5.91 Å². The Labute approximate surface area is 201 Å². The van der Waals surface area contributed by atoms with E-state index in [9.17, 15) is 4.79 Å². The van der Waals surface area contributed by atoms with Crippen LogP contribution in [0, 0.1) is 6.92 Å². The molecular formula is C27H32N6O. The molecule has 34 heavy (non-hydrogen) atoms. The Morgan fingerprint density at radius 3 is 2.41 bits per heavy atom. The number of aliphatic imine (C=N–C) groups is 1. The second kappa shape index (κ2) is 10.3. The number of carbonyl (C=O) groups is 1. The summed E-state index contributed by atoms with van der Waals surface area (Å²) in [7, 11) is 1.81. The molecule has 0 aliphatic heterocycles. The largest absolute Gasteiger partial charge is 0.403 e. The number of hydrogen-bond acceptors (Lipinski definition) is 6. The van der Waals surface area contributed by atoms with E-state index in [1.54, 1.807) is 18.5 Å². The highest BCUT2D eigenvalue weighted by Crippen LogP contribution is 2.23. The van der Waals surface area contributed by atoms with E-state index in [2.05, 4.69) is 41.4 Å². The van der Waals surface area contributed by atoms with E-state index in [-0.39, 0.29) is 11.3 Å². The van der Waals surface area contributed by atoms with Gasteiger partial charge in [-0.2, -0.15) is 0 Å². The molecular weight excluding hydrogens is 424 g/mol. The molecule has 0 radical (unpaired) electrons. The molecule has 3 aromatic rings. The number of nitrogens with one attached hydrogen (secondary N) is 2. The lowest BCUT2D eigenvalue weighted by Crippen LogP contribution is -2.17. The average Bonchev–Trinajstić information content (AvgIpc) is 2.83. The molecule has 1 amide bonds. The zero-order chi connectivity index (χ0) is 24.9. The Balaban J connectivity index is 1.87. The number of benzene rings is 1. The lowest BCUT2D eigenvalue weighted by Gasteiger charge is -2.18. The highest BCUT2D eigenvalue weighted by molar-refractivity contribution is 6.07. The fraction of sp³-hybridized carbons (Fsp3) is 0.259. The molecule has 1 aromatic carbocycles. The minimum Gasteiger partial charge on any atom is -0.403 e. The predicted octanol–water partition coefficient (Wildman–Crippen LogP) is 5.14. The van der Waals surface area contributed by atoms with Crippen LogP contribution in [0.3, 0.4) is 0 Å². The van der Waals surface area contributed by atoms with Crippen molar-refractivity contribution in [1.29, 1.82) is 0 Å². The minimum atomic E-state index is -0.184. The van der Waals surface area contributed by atoms with Crippen LogP contribution in [0.4, 0.5) is 11.5 Å². The Morgan fingerprint density at radius 1 is 1.03 bits per heavy atom. The molecule has 0 spiro atoms. The van der Waals surface area contributed by atoms with Gasteiger partial charge in [-0.05, 0) is 55.8 Å². The summed E-state index contributed by atoms with van der Waals surface area (Å²) >= 11 is 0. The molecule has 0 saturated carbocycles. The Bertz CT molecular complexity index is 1250. The van der Waals surface area contributed by atoms with Crippen LogP contribution in [-0.2, 0) is 5.41 Å². The summed E-state index contributed by atoms with van der Waals surface area (Å²) in [6, 6.07) is 13.1. The SMILES string of the molecule is CNc1cc(/C(=C/N)N=C(C)c2cc(NC(=O)c3ccnc(C(C)(C)C)c3)ccc2C)ccn1. The van der Waals surface area contributed by atoms with Crippen molar-refractivity contribution in [3.63, 3.8) is 0 Å². The van der Waals surface area contributed by atoms with Gasteiger partial charge < -0.3 is 16.4 Å². The maximum absolute atomic E-state index is 12.9. The summed E-state index contributed by atoms with van der Waals surface area (Å²) in [6.07, 6.45) is 4.86. The quantitative estimate of drug-likeness (QED) is 0.445. The van der Waals surface area contributed by atoms with Crippen LogP contribution in [-0.4, -0.2) is 28.6 Å². The number of amides is 1. The number of hydrogen-bond donors (Lipinski definition) is 3. The summed E-state index contributed by atoms with van der Waals surface area (Å²) in [5.41, 5.74) is 12.1. The number of nitrogens with two attached hydrogens (primary N) is 1. The molecule has 0 aliphatic carbocycles. The molecule has 2 heterocycles. The van der Waals surface area contributed by atoms with Gasteiger partial charge >= 0.3 is 0 Å². The van der Waals surface area contributed by atoms with E-state index >= 15 is 0 Å². The van der Waals surface area contributed by atoms with Crippen LogP contribution >= 0.6 is 0 Å². The van der Waals surface area contributed by atoms with Crippen LogP contribution in [0.5, 0.6) is 0 Å². The van der Waals surface area contributed by atoms with Crippen molar-refractivity contribution in [3.8, 4) is 0 Å². The van der Waals surface area contributed by atoms with E-state index in [4.69, 9.17) is 10.7 Å². The molecule has 176 valence electrons. The number of carbonyl (C=O) groups excluding carboxylic acids is 1. The molecule has 3 rings (SSSR count). The monoisotopic (exact) mass is 456 g/mol. The zero-order valence-corrected chi connectivity index (χ0v) is 20.6. The fourth-order valence-corrected chi connectivity index (χ4v) is 3.44. The summed E-state index contributed by atoms with van der Waals surface area (Å²) in [6.45, 7) is 10.1. The third kappa shape index (κ3) is 5.86. The topological polar surface area (TPSA) is 105 Å². The number of pyridine rings is 2. The summed E-state index contributed by atoms with van der Waals surface area (Å²) < 4.78 is 0. The Morgan fingerprint density at radius 2 is 1.74 bits per heavy atom. The molecule has 0 saturated heterocycles. The fourth-order valence-electron chi connectivity index (χ4n) is 3.44. The predicted molar refractivity (Wildman–Crippen MR) is 140 cm³/mol. The van der Waals surface area contributed by atoms with Gasteiger partial charge in [0.1, 0.15) is 5.82 Å². The zero-order valence-electron chi connectivity index (χ0n) is 20.6. The van der Waals surface area contributed by atoms with Crippen molar-refractivity contribution in [2.24, 2.45) is 10.7 Å². The van der Waals surface area contributed by atoms with Crippen molar-refractivity contribution in [3.05, 3.63) is 89.0 Å². The van der Waals surface area contributed by atoms with Gasteiger partial charge in [0.05, 0.1) is 5.70 Å². The van der Waals surface area contributed by atoms with E-state index in [0.717, 1.165) is 33.9 Å². The first-order chi connectivity index (χ1) is 16.1. The van der Waals surface area contributed by atoms with Crippen molar-refractivity contribution in [2.75, 3.05) is 17.7 Å². The van der Waals surface area contributed by atoms with Gasteiger partial charge in [0.15, 0.2) is 0 Å². The normalized spacial score (nSPS) is 12.4. The van der Waals surface area contributed by atoms with Gasteiger partial charge in [0, 0.05) is 64.8 Å². The van der Waals surface area contributed by atoms with Crippen LogP contribution in [0.2, 0.25) is 0 Å². The van der Waals surface area contributed by atoms with Gasteiger partial charge in [-0.3, -0.25) is 14.8 Å². The molecule has 4 N–H and O–H groups in total. The number of rotatable bonds is 6. The van der Waals surface area contributed by atoms with Gasteiger partial charge in [-0.1, -0.05) is 26.8 Å². The van der Waals surface area contributed by atoms with E-state index in [1.165, 1.54) is 6.20 Å². The highest BCUT2D eigenvalue weighted by Gasteiger charge is 2.17. The number of aromatic nitrogens is 2. The molecule has 7 nitrogen and oxygen atoms in total. The molecule has 0 aliphatic rings. The smallest absolute Gasteiger partial charge is 0.255 e. The molecule has 7 heteroatoms.